The fourth-order valence-electron chi connectivity index (χ4n) is 0.564. The monoisotopic (exact) mass is 223 g/mol. The van der Waals surface area contributed by atoms with Crippen LogP contribution in [0.25, 0.3) is 0 Å². The summed E-state index contributed by atoms with van der Waals surface area (Å²) in [4.78, 5) is 10.9. The van der Waals surface area contributed by atoms with Gasteiger partial charge in [-0.2, -0.15) is 0 Å². The van der Waals surface area contributed by atoms with Gasteiger partial charge < -0.3 is 10.4 Å². The fourth-order valence-corrected chi connectivity index (χ4v) is 0.696. The summed E-state index contributed by atoms with van der Waals surface area (Å²) in [5.41, 5.74) is 0. The van der Waals surface area contributed by atoms with Gasteiger partial charge in [-0.25, -0.2) is 0 Å². The molecule has 66 valence electrons. The Bertz CT molecular complexity index is 130. The van der Waals surface area contributed by atoms with Crippen molar-refractivity contribution in [1.29, 1.82) is 0 Å². The number of halogens is 1. The van der Waals surface area contributed by atoms with Crippen LogP contribution in [0.15, 0.2) is 0 Å². The molecule has 0 aromatic heterocycles. The molecule has 4 heteroatoms. The summed E-state index contributed by atoms with van der Waals surface area (Å²) in [6.45, 7) is 3.66. The zero-order valence-corrected chi connectivity index (χ0v) is 8.39. The van der Waals surface area contributed by atoms with Crippen molar-refractivity contribution in [1.82, 2.24) is 5.32 Å². The Morgan fingerprint density at radius 3 is 2.64 bits per heavy atom. The van der Waals surface area contributed by atoms with Gasteiger partial charge in [0.15, 0.2) is 0 Å². The van der Waals surface area contributed by atoms with Crippen molar-refractivity contribution in [2.45, 2.75) is 31.1 Å². The fraction of sp³-hybridized carbons (Fsp3) is 0.857. The molecule has 1 amide bonds. The zero-order chi connectivity index (χ0) is 8.85. The van der Waals surface area contributed by atoms with Crippen molar-refractivity contribution in [3.63, 3.8) is 0 Å². The van der Waals surface area contributed by atoms with Crippen LogP contribution in [0.1, 0.15) is 20.3 Å². The van der Waals surface area contributed by atoms with E-state index >= 15 is 0 Å². The predicted molar refractivity (Wildman–Crippen MR) is 47.7 cm³/mol. The third-order valence-corrected chi connectivity index (χ3v) is 2.37. The average molecular weight is 224 g/mol. The van der Waals surface area contributed by atoms with Crippen LogP contribution >= 0.6 is 15.9 Å². The van der Waals surface area contributed by atoms with Gasteiger partial charge >= 0.3 is 0 Å². The van der Waals surface area contributed by atoms with Crippen molar-refractivity contribution in [3.05, 3.63) is 0 Å². The first-order valence-electron chi connectivity index (χ1n) is 3.67. The van der Waals surface area contributed by atoms with Crippen LogP contribution in [0.5, 0.6) is 0 Å². The predicted octanol–water partition coefficient (Wildman–Crippen LogP) is 0.657. The molecule has 0 fully saturated rings. The Balaban J connectivity index is 3.68. The lowest BCUT2D eigenvalue weighted by Crippen LogP contribution is -2.39. The van der Waals surface area contributed by atoms with Gasteiger partial charge in [-0.3, -0.25) is 4.79 Å². The summed E-state index contributed by atoms with van der Waals surface area (Å²) >= 11 is 3.21. The number of aliphatic hydroxyl groups excluding tert-OH is 1. The zero-order valence-electron chi connectivity index (χ0n) is 6.80. The van der Waals surface area contributed by atoms with Crippen LogP contribution in [-0.4, -0.2) is 28.5 Å². The molecule has 0 aliphatic carbocycles. The maximum Gasteiger partial charge on any atom is 0.234 e. The normalized spacial score (nSPS) is 15.6. The SMILES string of the molecule is CCC(Br)C(=O)N[C@@H](C)CO. The van der Waals surface area contributed by atoms with Gasteiger partial charge in [-0.05, 0) is 13.3 Å². The smallest absolute Gasteiger partial charge is 0.234 e. The van der Waals surface area contributed by atoms with E-state index in [1.807, 2.05) is 6.92 Å². The van der Waals surface area contributed by atoms with Crippen LogP contribution in [0.3, 0.4) is 0 Å². The highest BCUT2D eigenvalue weighted by Crippen LogP contribution is 2.03. The third-order valence-electron chi connectivity index (χ3n) is 1.31. The molecule has 3 nitrogen and oxygen atoms in total. The lowest BCUT2D eigenvalue weighted by Gasteiger charge is -2.12. The quantitative estimate of drug-likeness (QED) is 0.689. The molecule has 0 radical (unpaired) electrons. The lowest BCUT2D eigenvalue weighted by molar-refractivity contribution is -0.121. The first kappa shape index (κ1) is 10.9. The van der Waals surface area contributed by atoms with Gasteiger partial charge in [0.1, 0.15) is 0 Å². The first-order valence-corrected chi connectivity index (χ1v) is 4.58. The number of nitrogens with one attached hydrogen (secondary N) is 1. The van der Waals surface area contributed by atoms with Crippen LogP contribution in [0.4, 0.5) is 0 Å². The minimum Gasteiger partial charge on any atom is -0.394 e. The third kappa shape index (κ3) is 4.37. The number of rotatable bonds is 4. The highest BCUT2D eigenvalue weighted by atomic mass is 79.9. The molecule has 0 rings (SSSR count). The maximum absolute atomic E-state index is 11.1. The van der Waals surface area contributed by atoms with Crippen LogP contribution in [0, 0.1) is 0 Å². The summed E-state index contributed by atoms with van der Waals surface area (Å²) in [6.07, 6.45) is 0.754. The number of alkyl halides is 1. The van der Waals surface area contributed by atoms with E-state index in [4.69, 9.17) is 5.11 Å². The van der Waals surface area contributed by atoms with Crippen LogP contribution < -0.4 is 5.32 Å². The molecule has 0 spiro atoms. The van der Waals surface area contributed by atoms with Crippen molar-refractivity contribution in [3.8, 4) is 0 Å². The molecule has 0 saturated carbocycles. The molecule has 0 heterocycles. The van der Waals surface area contributed by atoms with Gasteiger partial charge in [0.2, 0.25) is 5.91 Å². The number of carbonyl (C=O) groups is 1. The lowest BCUT2D eigenvalue weighted by atomic mass is 10.3. The number of hydrogen-bond donors (Lipinski definition) is 2. The summed E-state index contributed by atoms with van der Waals surface area (Å²) < 4.78 is 0. The van der Waals surface area contributed by atoms with Gasteiger partial charge in [0.05, 0.1) is 11.4 Å². The van der Waals surface area contributed by atoms with Crippen LogP contribution in [0.2, 0.25) is 0 Å². The van der Waals surface area contributed by atoms with Gasteiger partial charge in [0, 0.05) is 6.04 Å². The molecule has 0 aliphatic heterocycles. The van der Waals surface area contributed by atoms with Crippen molar-refractivity contribution >= 4 is 21.8 Å². The average Bonchev–Trinajstić information content (AvgIpc) is 2.02. The number of carbonyl (C=O) groups excluding carboxylic acids is 1. The Morgan fingerprint density at radius 2 is 2.27 bits per heavy atom. The van der Waals surface area contributed by atoms with E-state index in [0.717, 1.165) is 6.42 Å². The second-order valence-electron chi connectivity index (χ2n) is 2.47. The number of hydrogen-bond acceptors (Lipinski definition) is 2. The highest BCUT2D eigenvalue weighted by Gasteiger charge is 2.13. The summed E-state index contributed by atoms with van der Waals surface area (Å²) in [5.74, 6) is -0.0611. The van der Waals surface area contributed by atoms with Crippen molar-refractivity contribution in [2.24, 2.45) is 0 Å². The number of amides is 1. The largest absolute Gasteiger partial charge is 0.394 e. The van der Waals surface area contributed by atoms with Crippen molar-refractivity contribution in [2.75, 3.05) is 6.61 Å². The first-order chi connectivity index (χ1) is 5.11. The topological polar surface area (TPSA) is 49.3 Å². The maximum atomic E-state index is 11.1. The van der Waals surface area contributed by atoms with E-state index in [2.05, 4.69) is 21.2 Å². The standard InChI is InChI=1S/C7H14BrNO2/c1-3-6(8)7(11)9-5(2)4-10/h5-6,10H,3-4H2,1-2H3,(H,9,11)/t5-,6?/m0/s1. The highest BCUT2D eigenvalue weighted by molar-refractivity contribution is 9.10. The molecule has 11 heavy (non-hydrogen) atoms. The van der Waals surface area contributed by atoms with E-state index < -0.39 is 0 Å². The summed E-state index contributed by atoms with van der Waals surface area (Å²) in [5, 5.41) is 11.3. The minimum absolute atomic E-state index is 0.0187. The molecular weight excluding hydrogens is 210 g/mol. The molecule has 0 saturated heterocycles. The van der Waals surface area contributed by atoms with E-state index in [1.54, 1.807) is 6.92 Å². The molecule has 0 aromatic carbocycles. The Hall–Kier alpha value is -0.0900. The van der Waals surface area contributed by atoms with Crippen molar-refractivity contribution < 1.29 is 9.90 Å². The minimum atomic E-state index is -0.158. The molecule has 0 aliphatic rings. The van der Waals surface area contributed by atoms with Gasteiger partial charge in [-0.15, -0.1) is 0 Å². The summed E-state index contributed by atoms with van der Waals surface area (Å²) in [6, 6.07) is -0.158. The second-order valence-corrected chi connectivity index (χ2v) is 3.57. The van der Waals surface area contributed by atoms with Gasteiger partial charge in [0.25, 0.3) is 0 Å². The Kier molecular flexibility index (Phi) is 5.50. The Morgan fingerprint density at radius 1 is 1.73 bits per heavy atom. The number of aliphatic hydroxyl groups is 1. The van der Waals surface area contributed by atoms with Crippen LogP contribution in [-0.2, 0) is 4.79 Å². The molecule has 2 N–H and O–H groups in total. The molecule has 1 unspecified atom stereocenters. The second kappa shape index (κ2) is 5.55. The molecule has 2 atom stereocenters. The van der Waals surface area contributed by atoms with Gasteiger partial charge in [-0.1, -0.05) is 22.9 Å². The van der Waals surface area contributed by atoms with E-state index in [-0.39, 0.29) is 23.4 Å². The molecule has 0 bridgehead atoms. The van der Waals surface area contributed by atoms with E-state index in [1.165, 1.54) is 0 Å². The molecule has 0 aromatic rings. The van der Waals surface area contributed by atoms with E-state index in [0.29, 0.717) is 0 Å². The Labute approximate surface area is 75.3 Å². The molecular formula is C7H14BrNO2. The summed E-state index contributed by atoms with van der Waals surface area (Å²) in [7, 11) is 0. The van der Waals surface area contributed by atoms with E-state index in [9.17, 15) is 4.79 Å².